The summed E-state index contributed by atoms with van der Waals surface area (Å²) in [6, 6.07) is 3.13. The van der Waals surface area contributed by atoms with Gasteiger partial charge in [-0.05, 0) is 6.07 Å². The average molecular weight is 171 g/mol. The van der Waals surface area contributed by atoms with Gasteiger partial charge in [-0.25, -0.2) is 5.10 Å². The van der Waals surface area contributed by atoms with Crippen molar-refractivity contribution in [2.24, 2.45) is 5.73 Å². The maximum Gasteiger partial charge on any atom is 0.264 e. The zero-order chi connectivity index (χ0) is 8.10. The number of nitrogens with two attached hydrogens (primary N) is 1. The molecule has 0 fully saturated rings. The normalized spacial score (nSPS) is 9.91. The molecule has 0 aromatic carbocycles. The predicted octanol–water partition coefficient (Wildman–Crippen LogP) is -0.179. The Hall–Kier alpha value is -0.810. The Morgan fingerprint density at radius 1 is 1.64 bits per heavy atom. The fraction of sp³-hybridized carbons (Fsp3) is 0.333. The largest absolute Gasteiger partial charge is 0.330 e. The first kappa shape index (κ1) is 8.29. The van der Waals surface area contributed by atoms with Crippen molar-refractivity contribution in [1.29, 1.82) is 0 Å². The second kappa shape index (κ2) is 4.15. The van der Waals surface area contributed by atoms with Gasteiger partial charge in [-0.1, -0.05) is 0 Å². The highest BCUT2D eigenvalue weighted by molar-refractivity contribution is 7.99. The van der Waals surface area contributed by atoms with Crippen molar-refractivity contribution in [1.82, 2.24) is 10.2 Å². The van der Waals surface area contributed by atoms with E-state index in [9.17, 15) is 4.79 Å². The number of nitrogens with one attached hydrogen (secondary N) is 1. The van der Waals surface area contributed by atoms with Crippen LogP contribution in [0.4, 0.5) is 0 Å². The molecule has 0 aliphatic carbocycles. The lowest BCUT2D eigenvalue weighted by Gasteiger charge is -1.94. The molecule has 3 N–H and O–H groups in total. The Kier molecular flexibility index (Phi) is 3.13. The van der Waals surface area contributed by atoms with Crippen LogP contribution in [0.1, 0.15) is 0 Å². The molecule has 0 amide bonds. The fourth-order valence-corrected chi connectivity index (χ4v) is 1.18. The lowest BCUT2D eigenvalue weighted by molar-refractivity contribution is 0.898. The van der Waals surface area contributed by atoms with E-state index in [1.807, 2.05) is 0 Å². The molecule has 0 aliphatic rings. The highest BCUT2D eigenvalue weighted by Gasteiger charge is 1.92. The Morgan fingerprint density at radius 3 is 3.00 bits per heavy atom. The van der Waals surface area contributed by atoms with E-state index in [0.29, 0.717) is 6.54 Å². The van der Waals surface area contributed by atoms with E-state index < -0.39 is 0 Å². The standard InChI is InChI=1S/C6H9N3OS/c7-3-4-11-6-2-1-5(10)8-9-6/h1-2H,3-4,7H2,(H,8,10). The molecule has 0 unspecified atom stereocenters. The van der Waals surface area contributed by atoms with Gasteiger partial charge in [-0.2, -0.15) is 5.10 Å². The summed E-state index contributed by atoms with van der Waals surface area (Å²) in [6.45, 7) is 0.617. The van der Waals surface area contributed by atoms with Crippen LogP contribution in [0.15, 0.2) is 22.0 Å². The van der Waals surface area contributed by atoms with Gasteiger partial charge in [0.1, 0.15) is 5.03 Å². The second-order valence-corrected chi connectivity index (χ2v) is 3.01. The average Bonchev–Trinajstić information content (AvgIpc) is 2.04. The van der Waals surface area contributed by atoms with Crippen molar-refractivity contribution in [2.45, 2.75) is 5.03 Å². The number of hydrogen-bond donors (Lipinski definition) is 2. The number of rotatable bonds is 3. The zero-order valence-corrected chi connectivity index (χ0v) is 6.73. The summed E-state index contributed by atoms with van der Waals surface area (Å²) in [5.74, 6) is 0.818. The monoisotopic (exact) mass is 171 g/mol. The van der Waals surface area contributed by atoms with Crippen LogP contribution in [0.2, 0.25) is 0 Å². The molecule has 0 aliphatic heterocycles. The molecule has 11 heavy (non-hydrogen) atoms. The van der Waals surface area contributed by atoms with Crippen molar-refractivity contribution in [3.05, 3.63) is 22.5 Å². The first-order chi connectivity index (χ1) is 5.33. The molecule has 0 bridgehead atoms. The van der Waals surface area contributed by atoms with E-state index in [1.54, 1.807) is 6.07 Å². The van der Waals surface area contributed by atoms with Gasteiger partial charge < -0.3 is 5.73 Å². The Balaban J connectivity index is 2.59. The van der Waals surface area contributed by atoms with E-state index in [2.05, 4.69) is 10.2 Å². The first-order valence-electron chi connectivity index (χ1n) is 3.21. The van der Waals surface area contributed by atoms with Gasteiger partial charge in [0.15, 0.2) is 0 Å². The van der Waals surface area contributed by atoms with E-state index in [-0.39, 0.29) is 5.56 Å². The lowest BCUT2D eigenvalue weighted by Crippen LogP contribution is -2.06. The maximum atomic E-state index is 10.5. The molecule has 5 heteroatoms. The molecule has 0 saturated carbocycles. The molecule has 1 rings (SSSR count). The first-order valence-corrected chi connectivity index (χ1v) is 4.20. The topological polar surface area (TPSA) is 71.8 Å². The third-order valence-corrected chi connectivity index (χ3v) is 1.98. The Labute approximate surface area is 68.2 Å². The molecule has 0 saturated heterocycles. The van der Waals surface area contributed by atoms with Crippen LogP contribution in [0, 0.1) is 0 Å². The van der Waals surface area contributed by atoms with Crippen LogP contribution >= 0.6 is 11.8 Å². The van der Waals surface area contributed by atoms with Crippen molar-refractivity contribution < 1.29 is 0 Å². The minimum absolute atomic E-state index is 0.179. The highest BCUT2D eigenvalue weighted by atomic mass is 32.2. The molecule has 1 aromatic heterocycles. The van der Waals surface area contributed by atoms with Crippen LogP contribution in [0.25, 0.3) is 0 Å². The number of thioether (sulfide) groups is 1. The number of aromatic nitrogens is 2. The second-order valence-electron chi connectivity index (χ2n) is 1.90. The minimum atomic E-state index is -0.179. The predicted molar refractivity (Wildman–Crippen MR) is 44.6 cm³/mol. The highest BCUT2D eigenvalue weighted by Crippen LogP contribution is 2.10. The molecule has 0 atom stereocenters. The third kappa shape index (κ3) is 2.73. The summed E-state index contributed by atoms with van der Waals surface area (Å²) in [5.41, 5.74) is 5.11. The van der Waals surface area contributed by atoms with E-state index in [4.69, 9.17) is 5.73 Å². The van der Waals surface area contributed by atoms with Gasteiger partial charge in [-0.3, -0.25) is 4.79 Å². The van der Waals surface area contributed by atoms with Crippen molar-refractivity contribution >= 4 is 11.8 Å². The minimum Gasteiger partial charge on any atom is -0.330 e. The molecule has 0 radical (unpaired) electrons. The van der Waals surface area contributed by atoms with Crippen LogP contribution < -0.4 is 11.3 Å². The summed E-state index contributed by atoms with van der Waals surface area (Å²) >= 11 is 1.52. The number of H-pyrrole nitrogens is 1. The quantitative estimate of drug-likeness (QED) is 0.619. The van der Waals surface area contributed by atoms with Crippen molar-refractivity contribution in [3.63, 3.8) is 0 Å². The van der Waals surface area contributed by atoms with Gasteiger partial charge in [0.25, 0.3) is 5.56 Å². The van der Waals surface area contributed by atoms with Gasteiger partial charge in [0.2, 0.25) is 0 Å². The SMILES string of the molecule is NCCSc1ccc(=O)[nH]n1. The molecule has 60 valence electrons. The van der Waals surface area contributed by atoms with E-state index in [0.717, 1.165) is 10.8 Å². The van der Waals surface area contributed by atoms with Gasteiger partial charge in [-0.15, -0.1) is 11.8 Å². The molecular weight excluding hydrogens is 162 g/mol. The maximum absolute atomic E-state index is 10.5. The van der Waals surface area contributed by atoms with Gasteiger partial charge in [0.05, 0.1) is 0 Å². The summed E-state index contributed by atoms with van der Waals surface area (Å²) < 4.78 is 0. The van der Waals surface area contributed by atoms with Crippen molar-refractivity contribution in [2.75, 3.05) is 12.3 Å². The summed E-state index contributed by atoms with van der Waals surface area (Å²) in [5, 5.41) is 6.93. The lowest BCUT2D eigenvalue weighted by atomic mass is 10.6. The van der Waals surface area contributed by atoms with Crippen molar-refractivity contribution in [3.8, 4) is 0 Å². The molecular formula is C6H9N3OS. The zero-order valence-electron chi connectivity index (χ0n) is 5.91. The molecule has 4 nitrogen and oxygen atoms in total. The van der Waals surface area contributed by atoms with E-state index >= 15 is 0 Å². The van der Waals surface area contributed by atoms with Gasteiger partial charge in [0, 0.05) is 18.4 Å². The molecule has 1 aromatic rings. The smallest absolute Gasteiger partial charge is 0.264 e. The summed E-state index contributed by atoms with van der Waals surface area (Å²) in [7, 11) is 0. The van der Waals surface area contributed by atoms with Gasteiger partial charge >= 0.3 is 0 Å². The summed E-state index contributed by atoms with van der Waals surface area (Å²) in [6.07, 6.45) is 0. The van der Waals surface area contributed by atoms with Crippen LogP contribution in [-0.4, -0.2) is 22.5 Å². The summed E-state index contributed by atoms with van der Waals surface area (Å²) in [4.78, 5) is 10.5. The Morgan fingerprint density at radius 2 is 2.45 bits per heavy atom. The van der Waals surface area contributed by atoms with Crippen LogP contribution in [-0.2, 0) is 0 Å². The Bertz CT molecular complexity index is 252. The van der Waals surface area contributed by atoms with Crippen LogP contribution in [0.3, 0.4) is 0 Å². The molecule has 0 spiro atoms. The fourth-order valence-electron chi connectivity index (χ4n) is 0.576. The third-order valence-electron chi connectivity index (χ3n) is 1.02. The number of aromatic amines is 1. The number of hydrogen-bond acceptors (Lipinski definition) is 4. The molecule has 1 heterocycles. The number of nitrogens with zero attached hydrogens (tertiary/aromatic N) is 1. The van der Waals surface area contributed by atoms with E-state index in [1.165, 1.54) is 17.8 Å². The van der Waals surface area contributed by atoms with Crippen LogP contribution in [0.5, 0.6) is 0 Å².